The van der Waals surface area contributed by atoms with Crippen LogP contribution in [0.4, 0.5) is 17.1 Å². The van der Waals surface area contributed by atoms with Crippen molar-refractivity contribution in [2.24, 2.45) is 0 Å². The zero-order chi connectivity index (χ0) is 21.5. The molecule has 6 aromatic rings. The molecule has 4 aromatic carbocycles. The van der Waals surface area contributed by atoms with Crippen LogP contribution in [-0.2, 0) is 0 Å². The molecular weight excluding hydrogens is 402 g/mol. The second-order valence-corrected chi connectivity index (χ2v) is 9.72. The van der Waals surface area contributed by atoms with Gasteiger partial charge in [0, 0.05) is 33.3 Å². The van der Waals surface area contributed by atoms with Crippen molar-refractivity contribution in [3.8, 4) is 0 Å². The highest BCUT2D eigenvalue weighted by atomic mass is 15.4. The van der Waals surface area contributed by atoms with Gasteiger partial charge in [0.15, 0.2) is 0 Å². The van der Waals surface area contributed by atoms with E-state index < -0.39 is 0 Å². The SMILES string of the molecule is c1ccc2c(c1)N(c1ccc3c(c1)c1cccc4c5ccccc5n3c41)CN2C1CCCC1. The average molecular weight is 428 g/mol. The number of nitrogens with zero attached hydrogens (tertiary/aromatic N) is 3. The van der Waals surface area contributed by atoms with Crippen molar-refractivity contribution in [2.75, 3.05) is 16.5 Å². The first-order valence-corrected chi connectivity index (χ1v) is 12.2. The Hall–Kier alpha value is -3.72. The molecule has 1 aliphatic heterocycles. The smallest absolute Gasteiger partial charge is 0.0955 e. The van der Waals surface area contributed by atoms with Gasteiger partial charge in [0.25, 0.3) is 0 Å². The molecular formula is C30H25N3. The molecule has 8 rings (SSSR count). The summed E-state index contributed by atoms with van der Waals surface area (Å²) in [4.78, 5) is 5.16. The van der Waals surface area contributed by atoms with Gasteiger partial charge in [0.05, 0.1) is 34.6 Å². The van der Waals surface area contributed by atoms with Crippen molar-refractivity contribution in [3.63, 3.8) is 0 Å². The van der Waals surface area contributed by atoms with Crippen molar-refractivity contribution in [3.05, 3.63) is 84.9 Å². The first-order chi connectivity index (χ1) is 16.4. The quantitative estimate of drug-likeness (QED) is 0.280. The first-order valence-electron chi connectivity index (χ1n) is 12.2. The molecule has 1 saturated carbocycles. The Kier molecular flexibility index (Phi) is 3.46. The highest BCUT2D eigenvalue weighted by Crippen LogP contribution is 2.45. The molecule has 160 valence electrons. The van der Waals surface area contributed by atoms with Crippen LogP contribution in [0.15, 0.2) is 84.9 Å². The van der Waals surface area contributed by atoms with E-state index in [9.17, 15) is 0 Å². The van der Waals surface area contributed by atoms with Crippen LogP contribution < -0.4 is 9.80 Å². The van der Waals surface area contributed by atoms with Crippen LogP contribution in [0.3, 0.4) is 0 Å². The number of hydrogen-bond acceptors (Lipinski definition) is 2. The Morgan fingerprint density at radius 3 is 2.18 bits per heavy atom. The lowest BCUT2D eigenvalue weighted by atomic mass is 10.1. The molecule has 2 aliphatic rings. The molecule has 3 heterocycles. The predicted molar refractivity (Wildman–Crippen MR) is 139 cm³/mol. The standard InChI is InChI=1S/C30H25N3/c1-2-9-20(8-1)31-19-32(29-15-6-5-14-28(29)31)21-16-17-27-25(18-21)24-12-7-11-23-22-10-3-4-13-26(22)33(27)30(23)24/h3-7,10-18,20H,1-2,8-9,19H2. The maximum absolute atomic E-state index is 2.65. The predicted octanol–water partition coefficient (Wildman–Crippen LogP) is 7.69. The summed E-state index contributed by atoms with van der Waals surface area (Å²) >= 11 is 0. The molecule has 0 radical (unpaired) electrons. The molecule has 0 saturated heterocycles. The third kappa shape index (κ3) is 2.29. The Morgan fingerprint density at radius 2 is 1.30 bits per heavy atom. The number of benzene rings is 4. The van der Waals surface area contributed by atoms with E-state index in [-0.39, 0.29) is 0 Å². The molecule has 2 aromatic heterocycles. The third-order valence-corrected chi connectivity index (χ3v) is 8.06. The largest absolute Gasteiger partial charge is 0.349 e. The summed E-state index contributed by atoms with van der Waals surface area (Å²) < 4.78 is 2.46. The fourth-order valence-corrected chi connectivity index (χ4v) is 6.58. The van der Waals surface area contributed by atoms with E-state index in [1.54, 1.807) is 0 Å². The lowest BCUT2D eigenvalue weighted by Gasteiger charge is -2.27. The topological polar surface area (TPSA) is 10.9 Å². The fourth-order valence-electron chi connectivity index (χ4n) is 6.58. The molecule has 0 spiro atoms. The summed E-state index contributed by atoms with van der Waals surface area (Å²) in [5.41, 5.74) is 7.96. The number of hydrogen-bond donors (Lipinski definition) is 0. The van der Waals surface area contributed by atoms with E-state index >= 15 is 0 Å². The van der Waals surface area contributed by atoms with Crippen LogP contribution in [0, 0.1) is 0 Å². The Balaban J connectivity index is 1.34. The van der Waals surface area contributed by atoms with Crippen molar-refractivity contribution in [2.45, 2.75) is 31.7 Å². The van der Waals surface area contributed by atoms with Crippen LogP contribution in [0.25, 0.3) is 38.1 Å². The second kappa shape index (κ2) is 6.41. The average Bonchev–Trinajstić information content (AvgIpc) is 3.64. The Bertz CT molecular complexity index is 1670. The lowest BCUT2D eigenvalue weighted by molar-refractivity contribution is 0.625. The molecule has 1 aliphatic carbocycles. The van der Waals surface area contributed by atoms with Crippen LogP contribution in [0.2, 0.25) is 0 Å². The molecule has 0 unspecified atom stereocenters. The molecule has 0 bridgehead atoms. The maximum atomic E-state index is 2.65. The molecule has 33 heavy (non-hydrogen) atoms. The van der Waals surface area contributed by atoms with Gasteiger partial charge >= 0.3 is 0 Å². The van der Waals surface area contributed by atoms with Crippen LogP contribution >= 0.6 is 0 Å². The first kappa shape index (κ1) is 17.8. The summed E-state index contributed by atoms with van der Waals surface area (Å²) in [6, 6.07) is 32.2. The van der Waals surface area contributed by atoms with E-state index in [1.165, 1.54) is 80.8 Å². The number of anilines is 3. The van der Waals surface area contributed by atoms with E-state index in [0.717, 1.165) is 6.67 Å². The minimum atomic E-state index is 0.673. The summed E-state index contributed by atoms with van der Waals surface area (Å²) in [7, 11) is 0. The van der Waals surface area contributed by atoms with Gasteiger partial charge in [-0.3, -0.25) is 0 Å². The van der Waals surface area contributed by atoms with Gasteiger partial charge in [0.2, 0.25) is 0 Å². The lowest BCUT2D eigenvalue weighted by Crippen LogP contribution is -2.35. The number of aromatic nitrogens is 1. The molecule has 3 nitrogen and oxygen atoms in total. The van der Waals surface area contributed by atoms with Gasteiger partial charge in [-0.25, -0.2) is 0 Å². The van der Waals surface area contributed by atoms with Crippen molar-refractivity contribution in [1.82, 2.24) is 4.40 Å². The van der Waals surface area contributed by atoms with E-state index in [4.69, 9.17) is 0 Å². The summed E-state index contributed by atoms with van der Waals surface area (Å²) in [5, 5.41) is 5.38. The van der Waals surface area contributed by atoms with Crippen LogP contribution in [-0.4, -0.2) is 17.1 Å². The number of fused-ring (bicyclic) bond motifs is 7. The van der Waals surface area contributed by atoms with Gasteiger partial charge in [-0.1, -0.05) is 61.4 Å². The monoisotopic (exact) mass is 427 g/mol. The van der Waals surface area contributed by atoms with Gasteiger partial charge < -0.3 is 14.2 Å². The van der Waals surface area contributed by atoms with Gasteiger partial charge in [-0.05, 0) is 49.2 Å². The minimum Gasteiger partial charge on any atom is -0.349 e. The molecule has 0 atom stereocenters. The third-order valence-electron chi connectivity index (χ3n) is 8.06. The van der Waals surface area contributed by atoms with Crippen molar-refractivity contribution in [1.29, 1.82) is 0 Å². The number of rotatable bonds is 2. The Labute approximate surface area is 192 Å². The summed E-state index contributed by atoms with van der Waals surface area (Å²) in [6.07, 6.45) is 5.35. The summed E-state index contributed by atoms with van der Waals surface area (Å²) in [6.45, 7) is 0.947. The van der Waals surface area contributed by atoms with Gasteiger partial charge in [0.1, 0.15) is 0 Å². The fraction of sp³-hybridized carbons (Fsp3) is 0.200. The van der Waals surface area contributed by atoms with Crippen LogP contribution in [0.5, 0.6) is 0 Å². The molecule has 3 heteroatoms. The van der Waals surface area contributed by atoms with Gasteiger partial charge in [-0.15, -0.1) is 0 Å². The molecule has 0 amide bonds. The molecule has 0 N–H and O–H groups in total. The van der Waals surface area contributed by atoms with E-state index in [0.29, 0.717) is 6.04 Å². The van der Waals surface area contributed by atoms with E-state index in [2.05, 4.69) is 99.1 Å². The zero-order valence-corrected chi connectivity index (χ0v) is 18.5. The maximum Gasteiger partial charge on any atom is 0.0955 e. The van der Waals surface area contributed by atoms with Crippen LogP contribution in [0.1, 0.15) is 25.7 Å². The van der Waals surface area contributed by atoms with Gasteiger partial charge in [-0.2, -0.15) is 0 Å². The summed E-state index contributed by atoms with van der Waals surface area (Å²) in [5.74, 6) is 0. The van der Waals surface area contributed by atoms with Crippen molar-refractivity contribution < 1.29 is 0 Å². The Morgan fingerprint density at radius 1 is 0.606 bits per heavy atom. The van der Waals surface area contributed by atoms with E-state index in [1.807, 2.05) is 0 Å². The normalized spacial score (nSPS) is 16.8. The highest BCUT2D eigenvalue weighted by molar-refractivity contribution is 6.23. The second-order valence-electron chi connectivity index (χ2n) is 9.72. The molecule has 1 fully saturated rings. The zero-order valence-electron chi connectivity index (χ0n) is 18.5. The number of para-hydroxylation sites is 4. The highest BCUT2D eigenvalue weighted by Gasteiger charge is 2.33. The minimum absolute atomic E-state index is 0.673. The van der Waals surface area contributed by atoms with Crippen molar-refractivity contribution >= 4 is 55.2 Å².